The number of hydrogen-bond acceptors (Lipinski definition) is 5. The van der Waals surface area contributed by atoms with Crippen molar-refractivity contribution in [3.63, 3.8) is 0 Å². The summed E-state index contributed by atoms with van der Waals surface area (Å²) >= 11 is 1.45. The highest BCUT2D eigenvalue weighted by Gasteiger charge is 2.22. The number of hydrogen-bond donors (Lipinski definition) is 0. The van der Waals surface area contributed by atoms with Gasteiger partial charge in [-0.05, 0) is 63.5 Å². The Morgan fingerprint density at radius 3 is 2.50 bits per heavy atom. The number of halogens is 2. The van der Waals surface area contributed by atoms with E-state index in [1.165, 1.54) is 35.6 Å². The third-order valence-corrected chi connectivity index (χ3v) is 5.19. The van der Waals surface area contributed by atoms with Crippen LogP contribution < -0.4 is 9.64 Å². The molecule has 0 aliphatic heterocycles. The fraction of sp³-hybridized carbons (Fsp3) is 0.300. The molecule has 0 bridgehead atoms. The molecule has 5 nitrogen and oxygen atoms in total. The smallest absolute Gasteiger partial charge is 0.260 e. The number of fused-ring (bicyclic) bond motifs is 1. The van der Waals surface area contributed by atoms with Crippen LogP contribution in [-0.2, 0) is 0 Å². The zero-order chi connectivity index (χ0) is 19.4. The van der Waals surface area contributed by atoms with Crippen LogP contribution in [0, 0.1) is 5.82 Å². The van der Waals surface area contributed by atoms with E-state index in [2.05, 4.69) is 9.88 Å². The molecule has 1 heterocycles. The number of rotatable bonds is 7. The molecule has 0 fully saturated rings. The fourth-order valence-electron chi connectivity index (χ4n) is 2.77. The second-order valence-corrected chi connectivity index (χ2v) is 7.43. The first-order chi connectivity index (χ1) is 13.0. The highest BCUT2D eigenvalue weighted by Crippen LogP contribution is 2.34. The molecule has 2 aromatic carbocycles. The minimum Gasteiger partial charge on any atom is -0.494 e. The Balaban J connectivity index is 0.00000280. The normalized spacial score (nSPS) is 10.8. The molecular weight excluding hydrogens is 401 g/mol. The summed E-state index contributed by atoms with van der Waals surface area (Å²) in [7, 11) is 5.59. The lowest BCUT2D eigenvalue weighted by atomic mass is 10.2. The highest BCUT2D eigenvalue weighted by atomic mass is 35.5. The zero-order valence-electron chi connectivity index (χ0n) is 16.0. The van der Waals surface area contributed by atoms with Crippen molar-refractivity contribution in [2.24, 2.45) is 0 Å². The Hall–Kier alpha value is -2.22. The molecule has 1 aromatic heterocycles. The van der Waals surface area contributed by atoms with Gasteiger partial charge in [0.2, 0.25) is 0 Å². The predicted octanol–water partition coefficient (Wildman–Crippen LogP) is 4.46. The van der Waals surface area contributed by atoms with Crippen molar-refractivity contribution < 1.29 is 13.9 Å². The molecule has 3 aromatic rings. The second kappa shape index (κ2) is 9.82. The Morgan fingerprint density at radius 1 is 1.14 bits per heavy atom. The first kappa shape index (κ1) is 22.1. The summed E-state index contributed by atoms with van der Waals surface area (Å²) in [5.74, 6) is 0.125. The van der Waals surface area contributed by atoms with E-state index in [1.54, 1.807) is 12.0 Å². The minimum absolute atomic E-state index is 0. The van der Waals surface area contributed by atoms with Crippen LogP contribution in [0.25, 0.3) is 10.2 Å². The molecule has 0 atom stereocenters. The number of carbonyl (C=O) groups excluding carboxylic acids is 1. The van der Waals surface area contributed by atoms with Crippen molar-refractivity contribution in [3.8, 4) is 5.75 Å². The molecule has 0 radical (unpaired) electrons. The lowest BCUT2D eigenvalue weighted by Crippen LogP contribution is -2.33. The molecule has 0 aliphatic carbocycles. The quantitative estimate of drug-likeness (QED) is 0.562. The van der Waals surface area contributed by atoms with Gasteiger partial charge in [-0.3, -0.25) is 9.69 Å². The average molecular weight is 424 g/mol. The Morgan fingerprint density at radius 2 is 1.86 bits per heavy atom. The number of aromatic nitrogens is 1. The van der Waals surface area contributed by atoms with Crippen LogP contribution in [0.5, 0.6) is 5.75 Å². The van der Waals surface area contributed by atoms with Gasteiger partial charge in [-0.2, -0.15) is 0 Å². The van der Waals surface area contributed by atoms with Crippen molar-refractivity contribution in [2.75, 3.05) is 39.2 Å². The molecule has 3 rings (SSSR count). The van der Waals surface area contributed by atoms with Crippen molar-refractivity contribution in [1.29, 1.82) is 0 Å². The Kier molecular flexibility index (Phi) is 7.74. The summed E-state index contributed by atoms with van der Waals surface area (Å²) in [6, 6.07) is 11.3. The van der Waals surface area contributed by atoms with Crippen molar-refractivity contribution in [1.82, 2.24) is 9.88 Å². The molecule has 150 valence electrons. The Bertz CT molecular complexity index is 931. The van der Waals surface area contributed by atoms with Gasteiger partial charge in [0.1, 0.15) is 17.1 Å². The van der Waals surface area contributed by atoms with Gasteiger partial charge in [-0.15, -0.1) is 12.4 Å². The summed E-state index contributed by atoms with van der Waals surface area (Å²) in [6.45, 7) is 1.37. The van der Waals surface area contributed by atoms with Crippen LogP contribution in [0.15, 0.2) is 42.5 Å². The summed E-state index contributed by atoms with van der Waals surface area (Å²) in [5.41, 5.74) is 1.18. The summed E-state index contributed by atoms with van der Waals surface area (Å²) in [6.07, 6.45) is 0.799. The largest absolute Gasteiger partial charge is 0.494 e. The van der Waals surface area contributed by atoms with Crippen molar-refractivity contribution in [3.05, 3.63) is 53.8 Å². The third-order valence-electron chi connectivity index (χ3n) is 4.14. The van der Waals surface area contributed by atoms with E-state index in [4.69, 9.17) is 4.74 Å². The topological polar surface area (TPSA) is 45.7 Å². The Labute approximate surface area is 174 Å². The SMILES string of the molecule is COc1cccc2sc(N(CCCN(C)C)C(=O)c3ccc(F)cc3)nc12.Cl. The van der Waals surface area contributed by atoms with Crippen LogP contribution in [0.2, 0.25) is 0 Å². The van der Waals surface area contributed by atoms with Crippen LogP contribution in [-0.4, -0.2) is 50.1 Å². The standard InChI is InChI=1S/C20H22FN3O2S.ClH/c1-23(2)12-5-13-24(19(25)14-8-10-15(21)11-9-14)20-22-18-16(26-3)6-4-7-17(18)27-20;/h4,6-11H,5,12-13H2,1-3H3;1H. The molecule has 0 spiro atoms. The van der Waals surface area contributed by atoms with Crippen molar-refractivity contribution in [2.45, 2.75) is 6.42 Å². The summed E-state index contributed by atoms with van der Waals surface area (Å²) < 4.78 is 19.6. The number of anilines is 1. The van der Waals surface area contributed by atoms with Crippen molar-refractivity contribution >= 4 is 45.0 Å². The van der Waals surface area contributed by atoms with E-state index in [1.807, 2.05) is 32.3 Å². The maximum absolute atomic E-state index is 13.2. The molecule has 0 aliphatic rings. The molecule has 8 heteroatoms. The number of carbonyl (C=O) groups is 1. The number of methoxy groups -OCH3 is 1. The summed E-state index contributed by atoms with van der Waals surface area (Å²) in [5, 5.41) is 0.614. The molecular formula is C20H23ClFN3O2S. The van der Waals surface area contributed by atoms with Gasteiger partial charge in [0.15, 0.2) is 5.13 Å². The number of thiazole rings is 1. The maximum atomic E-state index is 13.2. The molecule has 0 N–H and O–H groups in total. The van der Waals surface area contributed by atoms with Gasteiger partial charge >= 0.3 is 0 Å². The van der Waals surface area contributed by atoms with Gasteiger partial charge in [0.25, 0.3) is 5.91 Å². The second-order valence-electron chi connectivity index (χ2n) is 6.42. The number of ether oxygens (including phenoxy) is 1. The molecule has 0 saturated heterocycles. The van der Waals surface area contributed by atoms with Gasteiger partial charge in [0, 0.05) is 12.1 Å². The first-order valence-electron chi connectivity index (χ1n) is 8.65. The van der Waals surface area contributed by atoms with E-state index < -0.39 is 0 Å². The minimum atomic E-state index is -0.365. The number of benzene rings is 2. The first-order valence-corrected chi connectivity index (χ1v) is 9.47. The average Bonchev–Trinajstić information content (AvgIpc) is 3.09. The monoisotopic (exact) mass is 423 g/mol. The van der Waals surface area contributed by atoms with Gasteiger partial charge < -0.3 is 9.64 Å². The van der Waals surface area contributed by atoms with E-state index in [-0.39, 0.29) is 24.1 Å². The third kappa shape index (κ3) is 4.98. The van der Waals surface area contributed by atoms with Gasteiger partial charge in [0.05, 0.1) is 11.8 Å². The van der Waals surface area contributed by atoms with Crippen LogP contribution in [0.3, 0.4) is 0 Å². The van der Waals surface area contributed by atoms with Gasteiger partial charge in [-0.1, -0.05) is 17.4 Å². The molecule has 0 unspecified atom stereocenters. The number of nitrogens with zero attached hydrogens (tertiary/aromatic N) is 3. The van der Waals surface area contributed by atoms with E-state index in [0.717, 1.165) is 23.2 Å². The van der Waals surface area contributed by atoms with Crippen LogP contribution >= 0.6 is 23.7 Å². The highest BCUT2D eigenvalue weighted by molar-refractivity contribution is 7.22. The summed E-state index contributed by atoms with van der Waals surface area (Å²) in [4.78, 5) is 21.5. The van der Waals surface area contributed by atoms with Crippen LogP contribution in [0.4, 0.5) is 9.52 Å². The maximum Gasteiger partial charge on any atom is 0.260 e. The number of para-hydroxylation sites is 1. The fourth-order valence-corrected chi connectivity index (χ4v) is 3.78. The van der Waals surface area contributed by atoms with E-state index in [9.17, 15) is 9.18 Å². The predicted molar refractivity (Wildman–Crippen MR) is 115 cm³/mol. The van der Waals surface area contributed by atoms with E-state index >= 15 is 0 Å². The lowest BCUT2D eigenvalue weighted by Gasteiger charge is -2.21. The lowest BCUT2D eigenvalue weighted by molar-refractivity contribution is 0.0986. The molecule has 0 saturated carbocycles. The van der Waals surface area contributed by atoms with Gasteiger partial charge in [-0.25, -0.2) is 9.37 Å². The molecule has 1 amide bonds. The zero-order valence-corrected chi connectivity index (χ0v) is 17.6. The number of amides is 1. The molecule has 28 heavy (non-hydrogen) atoms. The van der Waals surface area contributed by atoms with Crippen LogP contribution in [0.1, 0.15) is 16.8 Å². The van der Waals surface area contributed by atoms with E-state index in [0.29, 0.717) is 23.0 Å².